The predicted octanol–water partition coefficient (Wildman–Crippen LogP) is 6.73. The molecule has 9 heteroatoms. The number of hydrogen-bond donors (Lipinski definition) is 1. The lowest BCUT2D eigenvalue weighted by Crippen LogP contribution is -2.54. The molecule has 0 aromatic heterocycles. The van der Waals surface area contributed by atoms with Crippen molar-refractivity contribution >= 4 is 73.1 Å². The third-order valence-electron chi connectivity index (χ3n) is 5.45. The van der Waals surface area contributed by atoms with Crippen molar-refractivity contribution in [2.75, 3.05) is 4.90 Å². The number of halogens is 3. The number of imide groups is 2. The molecule has 0 radical (unpaired) electrons. The van der Waals surface area contributed by atoms with Gasteiger partial charge in [-0.25, -0.2) is 9.69 Å². The van der Waals surface area contributed by atoms with E-state index in [-0.39, 0.29) is 5.57 Å². The molecule has 0 spiro atoms. The second-order valence-corrected chi connectivity index (χ2v) is 10.1. The molecular weight excluding hydrogens is 600 g/mol. The lowest BCUT2D eigenvalue weighted by molar-refractivity contribution is -0.122. The first-order valence-corrected chi connectivity index (χ1v) is 12.5. The van der Waals surface area contributed by atoms with E-state index in [1.165, 1.54) is 6.08 Å². The molecule has 6 nitrogen and oxygen atoms in total. The number of hydrogen-bond acceptors (Lipinski definition) is 4. The van der Waals surface area contributed by atoms with Crippen LogP contribution in [0.5, 0.6) is 5.75 Å². The molecule has 1 aliphatic heterocycles. The molecular formula is C26H19Br2ClN2O4. The van der Waals surface area contributed by atoms with Crippen LogP contribution in [0.1, 0.15) is 22.3 Å². The number of barbiturate groups is 1. The fraction of sp³-hybridized carbons (Fsp3) is 0.115. The average molecular weight is 619 g/mol. The highest BCUT2D eigenvalue weighted by Gasteiger charge is 2.37. The van der Waals surface area contributed by atoms with E-state index in [1.54, 1.807) is 30.3 Å². The number of benzene rings is 3. The van der Waals surface area contributed by atoms with Gasteiger partial charge in [-0.2, -0.15) is 0 Å². The van der Waals surface area contributed by atoms with Crippen LogP contribution in [0.2, 0.25) is 5.02 Å². The Morgan fingerprint density at radius 3 is 2.34 bits per heavy atom. The minimum Gasteiger partial charge on any atom is -0.487 e. The zero-order valence-corrected chi connectivity index (χ0v) is 22.6. The Morgan fingerprint density at radius 1 is 0.971 bits per heavy atom. The molecule has 1 aliphatic rings. The number of urea groups is 1. The second-order valence-electron chi connectivity index (χ2n) is 7.96. The SMILES string of the molecule is Cc1ccc(N2C(=O)NC(=O)/C(=C\c3cc(Br)c(OCc4cccc(Cl)c4)c(Br)c3)C2=O)cc1C. The molecule has 1 N–H and O–H groups in total. The van der Waals surface area contributed by atoms with Gasteiger partial charge in [-0.1, -0.05) is 29.8 Å². The lowest BCUT2D eigenvalue weighted by Gasteiger charge is -2.27. The van der Waals surface area contributed by atoms with Crippen molar-refractivity contribution in [3.05, 3.63) is 96.4 Å². The quantitative estimate of drug-likeness (QED) is 0.254. The molecule has 35 heavy (non-hydrogen) atoms. The summed E-state index contributed by atoms with van der Waals surface area (Å²) in [5.74, 6) is -0.900. The summed E-state index contributed by atoms with van der Waals surface area (Å²) in [6.45, 7) is 4.12. The first-order chi connectivity index (χ1) is 16.6. The predicted molar refractivity (Wildman–Crippen MR) is 143 cm³/mol. The monoisotopic (exact) mass is 616 g/mol. The number of anilines is 1. The van der Waals surface area contributed by atoms with Gasteiger partial charge < -0.3 is 4.74 Å². The lowest BCUT2D eigenvalue weighted by atomic mass is 10.0. The Labute approximate surface area is 224 Å². The van der Waals surface area contributed by atoms with Gasteiger partial charge in [0, 0.05) is 5.02 Å². The molecule has 1 saturated heterocycles. The minimum atomic E-state index is -0.785. The van der Waals surface area contributed by atoms with Crippen LogP contribution in [-0.4, -0.2) is 17.8 Å². The first-order valence-electron chi connectivity index (χ1n) is 10.5. The number of amides is 4. The average Bonchev–Trinajstić information content (AvgIpc) is 2.78. The van der Waals surface area contributed by atoms with E-state index in [0.717, 1.165) is 21.6 Å². The molecule has 3 aromatic carbocycles. The van der Waals surface area contributed by atoms with Crippen LogP contribution in [0.25, 0.3) is 6.08 Å². The molecule has 0 unspecified atom stereocenters. The van der Waals surface area contributed by atoms with Crippen molar-refractivity contribution in [3.63, 3.8) is 0 Å². The molecule has 0 aliphatic carbocycles. The number of nitrogens with zero attached hydrogens (tertiary/aromatic N) is 1. The zero-order chi connectivity index (χ0) is 25.3. The maximum Gasteiger partial charge on any atom is 0.335 e. The van der Waals surface area contributed by atoms with Crippen molar-refractivity contribution in [1.29, 1.82) is 0 Å². The Hall–Kier alpha value is -2.94. The van der Waals surface area contributed by atoms with Crippen LogP contribution >= 0.6 is 43.5 Å². The van der Waals surface area contributed by atoms with Crippen molar-refractivity contribution in [2.45, 2.75) is 20.5 Å². The van der Waals surface area contributed by atoms with Crippen molar-refractivity contribution < 1.29 is 19.1 Å². The fourth-order valence-corrected chi connectivity index (χ4v) is 5.17. The maximum atomic E-state index is 13.2. The van der Waals surface area contributed by atoms with E-state index >= 15 is 0 Å². The molecule has 0 bridgehead atoms. The molecule has 3 aromatic rings. The second kappa shape index (κ2) is 10.4. The van der Waals surface area contributed by atoms with Crippen LogP contribution < -0.4 is 15.0 Å². The van der Waals surface area contributed by atoms with Gasteiger partial charge >= 0.3 is 6.03 Å². The maximum absolute atomic E-state index is 13.2. The summed E-state index contributed by atoms with van der Waals surface area (Å²) in [4.78, 5) is 39.2. The van der Waals surface area contributed by atoms with Gasteiger partial charge in [-0.15, -0.1) is 0 Å². The smallest absolute Gasteiger partial charge is 0.335 e. The fourth-order valence-electron chi connectivity index (χ4n) is 3.51. The summed E-state index contributed by atoms with van der Waals surface area (Å²) in [7, 11) is 0. The standard InChI is InChI=1S/C26H19Br2ClN2O4/c1-14-6-7-19(8-15(14)2)31-25(33)20(24(32)30-26(31)34)10-17-11-21(27)23(22(28)12-17)35-13-16-4-3-5-18(29)9-16/h3-12H,13H2,1-2H3,(H,30,32,34)/b20-10+. The van der Waals surface area contributed by atoms with Crippen molar-refractivity contribution in [2.24, 2.45) is 0 Å². The van der Waals surface area contributed by atoms with Gasteiger partial charge in [0.1, 0.15) is 17.9 Å². The molecule has 1 fully saturated rings. The summed E-state index contributed by atoms with van der Waals surface area (Å²) in [5, 5.41) is 2.87. The number of nitrogens with one attached hydrogen (secondary N) is 1. The van der Waals surface area contributed by atoms with E-state index < -0.39 is 17.8 Å². The largest absolute Gasteiger partial charge is 0.487 e. The van der Waals surface area contributed by atoms with Gasteiger partial charge in [0.05, 0.1) is 14.6 Å². The van der Waals surface area contributed by atoms with Gasteiger partial charge in [-0.3, -0.25) is 14.9 Å². The number of aryl methyl sites for hydroxylation is 2. The molecule has 178 valence electrons. The summed E-state index contributed by atoms with van der Waals surface area (Å²) >= 11 is 13.0. The molecule has 0 atom stereocenters. The number of carbonyl (C=O) groups excluding carboxylic acids is 3. The van der Waals surface area contributed by atoms with Crippen LogP contribution in [0.4, 0.5) is 10.5 Å². The van der Waals surface area contributed by atoms with E-state index in [1.807, 2.05) is 38.1 Å². The van der Waals surface area contributed by atoms with Gasteiger partial charge in [-0.05, 0) is 110 Å². The van der Waals surface area contributed by atoms with Gasteiger partial charge in [0.25, 0.3) is 11.8 Å². The number of carbonyl (C=O) groups is 3. The van der Waals surface area contributed by atoms with E-state index in [4.69, 9.17) is 16.3 Å². The number of ether oxygens (including phenoxy) is 1. The van der Waals surface area contributed by atoms with Crippen LogP contribution in [0, 0.1) is 13.8 Å². The number of rotatable bonds is 5. The Morgan fingerprint density at radius 2 is 1.69 bits per heavy atom. The molecule has 0 saturated carbocycles. The Kier molecular flexibility index (Phi) is 7.44. The minimum absolute atomic E-state index is 0.158. The van der Waals surface area contributed by atoms with Crippen molar-refractivity contribution in [3.8, 4) is 5.75 Å². The van der Waals surface area contributed by atoms with Crippen LogP contribution in [0.3, 0.4) is 0 Å². The third kappa shape index (κ3) is 5.50. The van der Waals surface area contributed by atoms with Crippen LogP contribution in [-0.2, 0) is 16.2 Å². The molecule has 4 rings (SSSR count). The summed E-state index contributed by atoms with van der Waals surface area (Å²) in [5.41, 5.74) is 3.65. The van der Waals surface area contributed by atoms with E-state index in [9.17, 15) is 14.4 Å². The molecule has 1 heterocycles. The topological polar surface area (TPSA) is 75.7 Å². The summed E-state index contributed by atoms with van der Waals surface area (Å²) in [6, 6.07) is 15.3. The first kappa shape index (κ1) is 25.2. The highest BCUT2D eigenvalue weighted by atomic mass is 79.9. The highest BCUT2D eigenvalue weighted by Crippen LogP contribution is 2.36. The summed E-state index contributed by atoms with van der Waals surface area (Å²) in [6.07, 6.45) is 1.44. The van der Waals surface area contributed by atoms with E-state index in [0.29, 0.717) is 37.6 Å². The highest BCUT2D eigenvalue weighted by molar-refractivity contribution is 9.11. The van der Waals surface area contributed by atoms with E-state index in [2.05, 4.69) is 37.2 Å². The van der Waals surface area contributed by atoms with Gasteiger partial charge in [0.2, 0.25) is 0 Å². The normalized spacial score (nSPS) is 14.9. The Bertz CT molecular complexity index is 1380. The summed E-state index contributed by atoms with van der Waals surface area (Å²) < 4.78 is 7.17. The van der Waals surface area contributed by atoms with Crippen molar-refractivity contribution in [1.82, 2.24) is 5.32 Å². The van der Waals surface area contributed by atoms with Crippen LogP contribution in [0.15, 0.2) is 69.1 Å². The molecule has 4 amide bonds. The zero-order valence-electron chi connectivity index (χ0n) is 18.7. The Balaban J connectivity index is 1.62. The van der Waals surface area contributed by atoms with Gasteiger partial charge in [0.15, 0.2) is 0 Å². The third-order valence-corrected chi connectivity index (χ3v) is 6.87.